The third-order valence-corrected chi connectivity index (χ3v) is 2.74. The van der Waals surface area contributed by atoms with Gasteiger partial charge in [0, 0.05) is 19.5 Å². The normalized spacial score (nSPS) is 8.94. The standard InChI is InChI=1S/C16H17.ClH.Rh/c1-2-9-16(14-10-5-3-6-11-14)15-12-7-4-8-13-15;;/h3-8,10-13H,2,9H2,1H3;1H;/q-1;;. The molecule has 0 aliphatic heterocycles. The average Bonchev–Trinajstić information content (AvgIpc) is 2.38. The van der Waals surface area contributed by atoms with Crippen LogP contribution in [0, 0.1) is 5.92 Å². The summed E-state index contributed by atoms with van der Waals surface area (Å²) in [4.78, 5) is 0. The van der Waals surface area contributed by atoms with E-state index in [2.05, 4.69) is 67.6 Å². The molecule has 2 aromatic carbocycles. The average molecular weight is 349 g/mol. The molecule has 0 fully saturated rings. The third kappa shape index (κ3) is 4.48. The van der Waals surface area contributed by atoms with E-state index in [1.807, 2.05) is 0 Å². The zero-order valence-corrected chi connectivity index (χ0v) is 12.9. The summed E-state index contributed by atoms with van der Waals surface area (Å²) in [6.07, 6.45) is 2.31. The van der Waals surface area contributed by atoms with Crippen molar-refractivity contribution in [3.8, 4) is 0 Å². The van der Waals surface area contributed by atoms with Gasteiger partial charge in [-0.05, 0) is 0 Å². The number of benzene rings is 2. The van der Waals surface area contributed by atoms with Crippen LogP contribution in [0.1, 0.15) is 30.9 Å². The van der Waals surface area contributed by atoms with Crippen LogP contribution < -0.4 is 0 Å². The summed E-state index contributed by atoms with van der Waals surface area (Å²) in [6.45, 7) is 2.23. The predicted molar refractivity (Wildman–Crippen MR) is 76.5 cm³/mol. The second-order valence-corrected chi connectivity index (χ2v) is 3.96. The van der Waals surface area contributed by atoms with E-state index >= 15 is 0 Å². The summed E-state index contributed by atoms with van der Waals surface area (Å²) in [5.74, 6) is 1.45. The molecule has 0 amide bonds. The van der Waals surface area contributed by atoms with Gasteiger partial charge in [-0.25, -0.2) is 0 Å². The molecule has 0 saturated heterocycles. The zero-order chi connectivity index (χ0) is 11.2. The molecular weight excluding hydrogens is 331 g/mol. The predicted octanol–water partition coefficient (Wildman–Crippen LogP) is 4.88. The maximum absolute atomic E-state index is 2.23. The van der Waals surface area contributed by atoms with E-state index in [1.165, 1.54) is 23.5 Å². The summed E-state index contributed by atoms with van der Waals surface area (Å²) in [6, 6.07) is 21.3. The minimum atomic E-state index is 0. The molecule has 0 aliphatic carbocycles. The van der Waals surface area contributed by atoms with E-state index in [0.717, 1.165) is 6.42 Å². The first kappa shape index (κ1) is 17.2. The largest absolute Gasteiger partial charge is 0.147 e. The Balaban J connectivity index is 0.00000144. The molecule has 0 aliphatic rings. The van der Waals surface area contributed by atoms with Gasteiger partial charge in [0.2, 0.25) is 0 Å². The second-order valence-electron chi connectivity index (χ2n) is 3.96. The fourth-order valence-electron chi connectivity index (χ4n) is 1.98. The molecule has 0 N–H and O–H groups in total. The molecule has 1 radical (unpaired) electrons. The number of hydrogen-bond acceptors (Lipinski definition) is 0. The van der Waals surface area contributed by atoms with Gasteiger partial charge in [-0.15, -0.1) is 53.7 Å². The fourth-order valence-corrected chi connectivity index (χ4v) is 1.98. The molecular formula is C16H18ClRh-. The molecule has 2 heteroatoms. The minimum absolute atomic E-state index is 0. The quantitative estimate of drug-likeness (QED) is 0.546. The number of halogens is 1. The summed E-state index contributed by atoms with van der Waals surface area (Å²) in [5.41, 5.74) is 2.69. The molecule has 0 heterocycles. The van der Waals surface area contributed by atoms with Gasteiger partial charge < -0.3 is 0 Å². The molecule has 0 saturated carbocycles. The van der Waals surface area contributed by atoms with E-state index in [4.69, 9.17) is 0 Å². The Morgan fingerprint density at radius 1 is 0.778 bits per heavy atom. The van der Waals surface area contributed by atoms with Gasteiger partial charge in [0.05, 0.1) is 0 Å². The van der Waals surface area contributed by atoms with Crippen LogP contribution in [0.4, 0.5) is 0 Å². The van der Waals surface area contributed by atoms with Crippen molar-refractivity contribution in [2.75, 3.05) is 0 Å². The molecule has 0 nitrogen and oxygen atoms in total. The first-order chi connectivity index (χ1) is 7.92. The van der Waals surface area contributed by atoms with Gasteiger partial charge in [0.25, 0.3) is 0 Å². The van der Waals surface area contributed by atoms with E-state index in [1.54, 1.807) is 0 Å². The third-order valence-electron chi connectivity index (χ3n) is 2.74. The van der Waals surface area contributed by atoms with E-state index in [9.17, 15) is 0 Å². The Labute approximate surface area is 129 Å². The zero-order valence-electron chi connectivity index (χ0n) is 10.4. The SMILES string of the molecule is CCC[C-](c1ccccc1)c1ccccc1.Cl.[Rh]. The summed E-state index contributed by atoms with van der Waals surface area (Å²) >= 11 is 0. The molecule has 0 unspecified atom stereocenters. The van der Waals surface area contributed by atoms with Crippen LogP contribution >= 0.6 is 12.4 Å². The van der Waals surface area contributed by atoms with Crippen molar-refractivity contribution in [2.24, 2.45) is 0 Å². The van der Waals surface area contributed by atoms with Crippen molar-refractivity contribution in [3.63, 3.8) is 0 Å². The van der Waals surface area contributed by atoms with Crippen LogP contribution in [0.15, 0.2) is 60.7 Å². The molecule has 2 aromatic rings. The van der Waals surface area contributed by atoms with Crippen LogP contribution in [0.5, 0.6) is 0 Å². The van der Waals surface area contributed by atoms with Crippen molar-refractivity contribution in [1.29, 1.82) is 0 Å². The first-order valence-corrected chi connectivity index (χ1v) is 5.88. The van der Waals surface area contributed by atoms with E-state index in [0.29, 0.717) is 0 Å². The van der Waals surface area contributed by atoms with Crippen LogP contribution in [-0.4, -0.2) is 0 Å². The number of rotatable bonds is 4. The Hall–Kier alpha value is -0.777. The summed E-state index contributed by atoms with van der Waals surface area (Å²) < 4.78 is 0. The summed E-state index contributed by atoms with van der Waals surface area (Å²) in [5, 5.41) is 0. The molecule has 0 atom stereocenters. The molecule has 0 aromatic heterocycles. The minimum Gasteiger partial charge on any atom is -0.147 e. The second kappa shape index (κ2) is 9.19. The van der Waals surface area contributed by atoms with Crippen molar-refractivity contribution in [1.82, 2.24) is 0 Å². The van der Waals surface area contributed by atoms with Crippen LogP contribution in [-0.2, 0) is 19.5 Å². The summed E-state index contributed by atoms with van der Waals surface area (Å²) in [7, 11) is 0. The Bertz CT molecular complexity index is 374. The smallest absolute Gasteiger partial charge is 0 e. The van der Waals surface area contributed by atoms with Gasteiger partial charge in [-0.1, -0.05) is 56.2 Å². The maximum Gasteiger partial charge on any atom is 0 e. The molecule has 2 rings (SSSR count). The van der Waals surface area contributed by atoms with Crippen LogP contribution in [0.3, 0.4) is 0 Å². The van der Waals surface area contributed by atoms with Crippen molar-refractivity contribution >= 4 is 12.4 Å². The van der Waals surface area contributed by atoms with Crippen molar-refractivity contribution < 1.29 is 19.5 Å². The van der Waals surface area contributed by atoms with Gasteiger partial charge in [0.1, 0.15) is 0 Å². The van der Waals surface area contributed by atoms with Gasteiger partial charge in [-0.3, -0.25) is 0 Å². The Morgan fingerprint density at radius 2 is 1.17 bits per heavy atom. The molecule has 0 spiro atoms. The van der Waals surface area contributed by atoms with Crippen molar-refractivity contribution in [2.45, 2.75) is 19.8 Å². The number of hydrogen-bond donors (Lipinski definition) is 0. The molecule has 18 heavy (non-hydrogen) atoms. The van der Waals surface area contributed by atoms with E-state index in [-0.39, 0.29) is 31.9 Å². The Kier molecular flexibility index (Phi) is 8.80. The Morgan fingerprint density at radius 3 is 1.50 bits per heavy atom. The van der Waals surface area contributed by atoms with Gasteiger partial charge >= 0.3 is 0 Å². The van der Waals surface area contributed by atoms with Crippen LogP contribution in [0.25, 0.3) is 0 Å². The monoisotopic (exact) mass is 348 g/mol. The van der Waals surface area contributed by atoms with Crippen LogP contribution in [0.2, 0.25) is 0 Å². The molecule has 99 valence electrons. The first-order valence-electron chi connectivity index (χ1n) is 5.88. The van der Waals surface area contributed by atoms with Gasteiger partial charge in [0.15, 0.2) is 0 Å². The fraction of sp³-hybridized carbons (Fsp3) is 0.188. The van der Waals surface area contributed by atoms with E-state index < -0.39 is 0 Å². The molecule has 0 bridgehead atoms. The van der Waals surface area contributed by atoms with Gasteiger partial charge in [-0.2, -0.15) is 0 Å². The van der Waals surface area contributed by atoms with Crippen molar-refractivity contribution in [3.05, 3.63) is 77.7 Å². The maximum atomic E-state index is 2.23. The topological polar surface area (TPSA) is 0 Å².